The van der Waals surface area contributed by atoms with Crippen molar-refractivity contribution in [1.82, 2.24) is 0 Å². The normalized spacial score (nSPS) is 10.2. The van der Waals surface area contributed by atoms with Crippen LogP contribution in [0.3, 0.4) is 0 Å². The van der Waals surface area contributed by atoms with Crippen molar-refractivity contribution < 1.29 is 14.3 Å². The highest BCUT2D eigenvalue weighted by Gasteiger charge is 2.11. The fraction of sp³-hybridized carbons (Fsp3) is 0.0476. The second kappa shape index (κ2) is 7.38. The molecule has 0 aliphatic heterocycles. The predicted octanol–water partition coefficient (Wildman–Crippen LogP) is 4.39. The summed E-state index contributed by atoms with van der Waals surface area (Å²) in [5, 5.41) is 0. The molecular formula is C21H16O3. The van der Waals surface area contributed by atoms with E-state index in [1.165, 1.54) is 0 Å². The minimum Gasteiger partial charge on any atom is -0.454 e. The molecule has 3 rings (SSSR count). The van der Waals surface area contributed by atoms with Crippen LogP contribution in [-0.2, 0) is 4.74 Å². The summed E-state index contributed by atoms with van der Waals surface area (Å²) in [6, 6.07) is 25.8. The Hall–Kier alpha value is -3.20. The lowest BCUT2D eigenvalue weighted by atomic mass is 10.0. The Morgan fingerprint density at radius 3 is 1.79 bits per heavy atom. The van der Waals surface area contributed by atoms with E-state index in [0.717, 1.165) is 11.1 Å². The molecule has 0 fully saturated rings. The van der Waals surface area contributed by atoms with Gasteiger partial charge in [-0.25, -0.2) is 4.79 Å². The van der Waals surface area contributed by atoms with E-state index >= 15 is 0 Å². The zero-order valence-corrected chi connectivity index (χ0v) is 13.0. The summed E-state index contributed by atoms with van der Waals surface area (Å²) in [6.07, 6.45) is 0. The van der Waals surface area contributed by atoms with Gasteiger partial charge in [-0.05, 0) is 23.3 Å². The summed E-state index contributed by atoms with van der Waals surface area (Å²) in [6.45, 7) is -0.265. The lowest BCUT2D eigenvalue weighted by Gasteiger charge is -2.06. The van der Waals surface area contributed by atoms with E-state index in [-0.39, 0.29) is 12.4 Å². The van der Waals surface area contributed by atoms with Gasteiger partial charge in [0.25, 0.3) is 0 Å². The van der Waals surface area contributed by atoms with Gasteiger partial charge in [0.05, 0.1) is 5.56 Å². The summed E-state index contributed by atoms with van der Waals surface area (Å²) >= 11 is 0. The van der Waals surface area contributed by atoms with Crippen LogP contribution in [-0.4, -0.2) is 18.4 Å². The molecule has 0 saturated heterocycles. The number of carbonyl (C=O) groups excluding carboxylic acids is 2. The van der Waals surface area contributed by atoms with Crippen LogP contribution in [0.5, 0.6) is 0 Å². The molecule has 0 unspecified atom stereocenters. The van der Waals surface area contributed by atoms with Gasteiger partial charge in [-0.3, -0.25) is 4.79 Å². The van der Waals surface area contributed by atoms with Gasteiger partial charge in [0.1, 0.15) is 0 Å². The molecule has 3 heteroatoms. The molecule has 24 heavy (non-hydrogen) atoms. The van der Waals surface area contributed by atoms with Crippen molar-refractivity contribution in [1.29, 1.82) is 0 Å². The Labute approximate surface area is 140 Å². The van der Waals surface area contributed by atoms with E-state index in [0.29, 0.717) is 11.1 Å². The molecule has 0 aromatic heterocycles. The van der Waals surface area contributed by atoms with Gasteiger partial charge in [0.15, 0.2) is 12.4 Å². The Morgan fingerprint density at radius 2 is 1.17 bits per heavy atom. The molecule has 0 saturated carbocycles. The van der Waals surface area contributed by atoms with Crippen LogP contribution in [0, 0.1) is 0 Å². The number of rotatable bonds is 5. The molecule has 3 nitrogen and oxygen atoms in total. The molecule has 0 atom stereocenters. The van der Waals surface area contributed by atoms with Crippen LogP contribution in [0.25, 0.3) is 11.1 Å². The molecule has 0 spiro atoms. The fourth-order valence-electron chi connectivity index (χ4n) is 2.35. The Bertz CT molecular complexity index is 822. The van der Waals surface area contributed by atoms with Gasteiger partial charge >= 0.3 is 5.97 Å². The topological polar surface area (TPSA) is 43.4 Å². The van der Waals surface area contributed by atoms with Crippen LogP contribution >= 0.6 is 0 Å². The molecule has 0 aliphatic carbocycles. The SMILES string of the molecule is O=C(COC(=O)c1ccccc1)c1ccc(-c2ccccc2)cc1. The first kappa shape index (κ1) is 15.7. The van der Waals surface area contributed by atoms with Crippen molar-refractivity contribution in [3.8, 4) is 11.1 Å². The molecule has 118 valence electrons. The van der Waals surface area contributed by atoms with Crippen molar-refractivity contribution in [2.24, 2.45) is 0 Å². The number of benzene rings is 3. The monoisotopic (exact) mass is 316 g/mol. The zero-order valence-electron chi connectivity index (χ0n) is 13.0. The van der Waals surface area contributed by atoms with Crippen LogP contribution in [0.15, 0.2) is 84.9 Å². The maximum absolute atomic E-state index is 12.2. The first-order valence-corrected chi connectivity index (χ1v) is 7.65. The van der Waals surface area contributed by atoms with Crippen LogP contribution < -0.4 is 0 Å². The smallest absolute Gasteiger partial charge is 0.338 e. The molecule has 3 aromatic rings. The third-order valence-corrected chi connectivity index (χ3v) is 3.66. The van der Waals surface area contributed by atoms with E-state index in [9.17, 15) is 9.59 Å². The first-order chi connectivity index (χ1) is 11.7. The van der Waals surface area contributed by atoms with E-state index in [2.05, 4.69) is 0 Å². The average molecular weight is 316 g/mol. The van der Waals surface area contributed by atoms with Crippen molar-refractivity contribution in [3.63, 3.8) is 0 Å². The van der Waals surface area contributed by atoms with Gasteiger partial charge < -0.3 is 4.74 Å². The van der Waals surface area contributed by atoms with Crippen molar-refractivity contribution in [2.45, 2.75) is 0 Å². The van der Waals surface area contributed by atoms with Gasteiger partial charge in [0.2, 0.25) is 0 Å². The summed E-state index contributed by atoms with van der Waals surface area (Å²) in [4.78, 5) is 24.0. The van der Waals surface area contributed by atoms with Gasteiger partial charge in [-0.1, -0.05) is 72.8 Å². The molecule has 0 N–H and O–H groups in total. The van der Waals surface area contributed by atoms with Gasteiger partial charge in [-0.15, -0.1) is 0 Å². The van der Waals surface area contributed by atoms with E-state index in [4.69, 9.17) is 4.74 Å². The highest BCUT2D eigenvalue weighted by molar-refractivity contribution is 5.99. The highest BCUT2D eigenvalue weighted by atomic mass is 16.5. The highest BCUT2D eigenvalue weighted by Crippen LogP contribution is 2.19. The average Bonchev–Trinajstić information content (AvgIpc) is 2.67. The second-order valence-electron chi connectivity index (χ2n) is 5.31. The van der Waals surface area contributed by atoms with Crippen LogP contribution in [0.4, 0.5) is 0 Å². The quantitative estimate of drug-likeness (QED) is 0.518. The molecule has 0 heterocycles. The number of esters is 1. The van der Waals surface area contributed by atoms with Gasteiger partial charge in [-0.2, -0.15) is 0 Å². The summed E-state index contributed by atoms with van der Waals surface area (Å²) < 4.78 is 5.07. The van der Waals surface area contributed by atoms with Crippen molar-refractivity contribution in [3.05, 3.63) is 96.1 Å². The molecule has 0 amide bonds. The number of hydrogen-bond donors (Lipinski definition) is 0. The number of hydrogen-bond acceptors (Lipinski definition) is 3. The molecule has 0 bridgehead atoms. The third-order valence-electron chi connectivity index (χ3n) is 3.66. The Kier molecular flexibility index (Phi) is 4.82. The lowest BCUT2D eigenvalue weighted by molar-refractivity contribution is 0.0475. The largest absolute Gasteiger partial charge is 0.454 e. The van der Waals surface area contributed by atoms with Crippen LogP contribution in [0.2, 0.25) is 0 Å². The van der Waals surface area contributed by atoms with Crippen LogP contribution in [0.1, 0.15) is 20.7 Å². The minimum atomic E-state index is -0.496. The number of carbonyl (C=O) groups is 2. The first-order valence-electron chi connectivity index (χ1n) is 7.65. The Balaban J connectivity index is 1.62. The molecule has 0 aliphatic rings. The summed E-state index contributed by atoms with van der Waals surface area (Å²) in [5.41, 5.74) is 3.08. The number of ether oxygens (including phenoxy) is 1. The molecule has 0 radical (unpaired) electrons. The van der Waals surface area contributed by atoms with E-state index in [1.807, 2.05) is 48.5 Å². The maximum Gasteiger partial charge on any atom is 0.338 e. The third kappa shape index (κ3) is 3.76. The second-order valence-corrected chi connectivity index (χ2v) is 5.31. The predicted molar refractivity (Wildman–Crippen MR) is 92.9 cm³/mol. The Morgan fingerprint density at radius 1 is 0.625 bits per heavy atom. The summed E-state index contributed by atoms with van der Waals surface area (Å²) in [5.74, 6) is -0.719. The van der Waals surface area contributed by atoms with E-state index in [1.54, 1.807) is 36.4 Å². The summed E-state index contributed by atoms with van der Waals surface area (Å²) in [7, 11) is 0. The standard InChI is InChI=1S/C21H16O3/c22-20(15-24-21(23)19-9-5-2-6-10-19)18-13-11-17(12-14-18)16-7-3-1-4-8-16/h1-14H,15H2. The van der Waals surface area contributed by atoms with E-state index < -0.39 is 5.97 Å². The van der Waals surface area contributed by atoms with Gasteiger partial charge in [0, 0.05) is 5.56 Å². The zero-order chi connectivity index (χ0) is 16.8. The fourth-order valence-corrected chi connectivity index (χ4v) is 2.35. The van der Waals surface area contributed by atoms with Crippen molar-refractivity contribution in [2.75, 3.05) is 6.61 Å². The minimum absolute atomic E-state index is 0.223. The lowest BCUT2D eigenvalue weighted by Crippen LogP contribution is -2.14. The maximum atomic E-state index is 12.2. The number of ketones is 1. The molecular weight excluding hydrogens is 300 g/mol. The number of Topliss-reactive ketones (excluding diaryl/α,β-unsaturated/α-hetero) is 1. The van der Waals surface area contributed by atoms with Crippen molar-refractivity contribution >= 4 is 11.8 Å². The molecule has 3 aromatic carbocycles.